The zero-order chi connectivity index (χ0) is 9.14. The predicted octanol–water partition coefficient (Wildman–Crippen LogP) is 2.92. The first-order valence-corrected chi connectivity index (χ1v) is 4.51. The summed E-state index contributed by atoms with van der Waals surface area (Å²) in [4.78, 5) is 3.82. The van der Waals surface area contributed by atoms with E-state index in [4.69, 9.17) is 28.9 Å². The first kappa shape index (κ1) is 9.62. The van der Waals surface area contributed by atoms with Crippen LogP contribution in [0.25, 0.3) is 0 Å². The van der Waals surface area contributed by atoms with Gasteiger partial charge in [-0.25, -0.2) is 4.98 Å². The zero-order valence-electron chi connectivity index (χ0n) is 6.77. The normalized spacial score (nSPS) is 10.2. The average molecular weight is 205 g/mol. The molecule has 0 saturated carbocycles. The summed E-state index contributed by atoms with van der Waals surface area (Å²) in [5.74, 6) is 0. The lowest BCUT2D eigenvalue weighted by molar-refractivity contribution is 0.921. The molecular formula is C8H10Cl2N2. The third-order valence-electron chi connectivity index (χ3n) is 1.59. The van der Waals surface area contributed by atoms with E-state index in [-0.39, 0.29) is 0 Å². The average Bonchev–Trinajstić information content (AvgIpc) is 2.00. The van der Waals surface area contributed by atoms with E-state index in [1.807, 2.05) is 0 Å². The summed E-state index contributed by atoms with van der Waals surface area (Å²) in [5, 5.41) is 0.698. The molecule has 0 aliphatic carbocycles. The molecule has 12 heavy (non-hydrogen) atoms. The van der Waals surface area contributed by atoms with Gasteiger partial charge >= 0.3 is 0 Å². The second kappa shape index (κ2) is 3.97. The number of nitrogens with zero attached hydrogens (tertiary/aromatic N) is 1. The summed E-state index contributed by atoms with van der Waals surface area (Å²) < 4.78 is 0. The summed E-state index contributed by atoms with van der Waals surface area (Å²) in [5.41, 5.74) is 7.20. The topological polar surface area (TPSA) is 38.9 Å². The van der Waals surface area contributed by atoms with Crippen LogP contribution in [0.5, 0.6) is 0 Å². The number of hydrogen-bond donors (Lipinski definition) is 1. The molecule has 1 aromatic rings. The van der Waals surface area contributed by atoms with Gasteiger partial charge in [0.1, 0.15) is 5.15 Å². The van der Waals surface area contributed by atoms with Crippen LogP contribution in [0.2, 0.25) is 10.3 Å². The van der Waals surface area contributed by atoms with Crippen molar-refractivity contribution in [2.75, 3.05) is 5.73 Å². The molecule has 0 fully saturated rings. The molecular weight excluding hydrogens is 195 g/mol. The predicted molar refractivity (Wildman–Crippen MR) is 52.7 cm³/mol. The lowest BCUT2D eigenvalue weighted by Gasteiger charge is -2.05. The van der Waals surface area contributed by atoms with Gasteiger partial charge in [-0.05, 0) is 18.1 Å². The highest BCUT2D eigenvalue weighted by molar-refractivity contribution is 6.34. The van der Waals surface area contributed by atoms with Crippen molar-refractivity contribution in [3.63, 3.8) is 0 Å². The highest BCUT2D eigenvalue weighted by Gasteiger charge is 2.05. The van der Waals surface area contributed by atoms with Crippen molar-refractivity contribution in [1.29, 1.82) is 0 Å². The number of halogens is 2. The van der Waals surface area contributed by atoms with E-state index >= 15 is 0 Å². The van der Waals surface area contributed by atoms with Crippen LogP contribution in [0.15, 0.2) is 6.07 Å². The first-order valence-electron chi connectivity index (χ1n) is 3.75. The van der Waals surface area contributed by atoms with E-state index in [1.54, 1.807) is 6.07 Å². The Hall–Kier alpha value is -0.470. The van der Waals surface area contributed by atoms with Crippen LogP contribution in [0, 0.1) is 0 Å². The molecule has 0 atom stereocenters. The van der Waals surface area contributed by atoms with E-state index in [1.165, 1.54) is 0 Å². The van der Waals surface area contributed by atoms with Crippen LogP contribution in [0.4, 0.5) is 5.69 Å². The molecule has 0 unspecified atom stereocenters. The molecule has 1 aromatic heterocycles. The molecule has 0 amide bonds. The molecule has 0 aliphatic heterocycles. The second-order valence-corrected chi connectivity index (χ2v) is 3.30. The molecule has 1 heterocycles. The van der Waals surface area contributed by atoms with Crippen LogP contribution in [0.3, 0.4) is 0 Å². The molecule has 4 heteroatoms. The lowest BCUT2D eigenvalue weighted by atomic mass is 10.1. The SMILES string of the molecule is CCCc1cc(Cl)nc(Cl)c1N. The Morgan fingerprint density at radius 2 is 2.17 bits per heavy atom. The highest BCUT2D eigenvalue weighted by atomic mass is 35.5. The van der Waals surface area contributed by atoms with Gasteiger partial charge in [0, 0.05) is 0 Å². The Bertz CT molecular complexity index is 287. The summed E-state index contributed by atoms with van der Waals surface area (Å²) >= 11 is 11.4. The van der Waals surface area contributed by atoms with Crippen LogP contribution in [-0.2, 0) is 6.42 Å². The smallest absolute Gasteiger partial charge is 0.153 e. The highest BCUT2D eigenvalue weighted by Crippen LogP contribution is 2.24. The summed E-state index contributed by atoms with van der Waals surface area (Å²) in [6, 6.07) is 1.76. The van der Waals surface area contributed by atoms with Gasteiger partial charge in [0.2, 0.25) is 0 Å². The van der Waals surface area contributed by atoms with Gasteiger partial charge in [0.05, 0.1) is 5.69 Å². The molecule has 0 bridgehead atoms. The maximum atomic E-state index is 5.73. The zero-order valence-corrected chi connectivity index (χ0v) is 8.28. The number of anilines is 1. The Morgan fingerprint density at radius 3 is 2.75 bits per heavy atom. The van der Waals surface area contributed by atoms with Crippen molar-refractivity contribution < 1.29 is 0 Å². The molecule has 0 spiro atoms. The number of rotatable bonds is 2. The van der Waals surface area contributed by atoms with Crippen molar-refractivity contribution in [1.82, 2.24) is 4.98 Å². The fourth-order valence-corrected chi connectivity index (χ4v) is 1.49. The number of aromatic nitrogens is 1. The summed E-state index contributed by atoms with van der Waals surface area (Å²) in [6.07, 6.45) is 1.90. The minimum atomic E-state index is 0.297. The minimum Gasteiger partial charge on any atom is -0.396 e. The maximum Gasteiger partial charge on any atom is 0.153 e. The van der Waals surface area contributed by atoms with Gasteiger partial charge in [-0.3, -0.25) is 0 Å². The molecule has 0 radical (unpaired) electrons. The van der Waals surface area contributed by atoms with Gasteiger partial charge in [-0.15, -0.1) is 0 Å². The molecule has 0 aromatic carbocycles. The second-order valence-electron chi connectivity index (χ2n) is 2.56. The van der Waals surface area contributed by atoms with Crippen LogP contribution < -0.4 is 5.73 Å². The fourth-order valence-electron chi connectivity index (χ4n) is 1.02. The van der Waals surface area contributed by atoms with Crippen LogP contribution in [0.1, 0.15) is 18.9 Å². The molecule has 1 rings (SSSR count). The lowest BCUT2D eigenvalue weighted by Crippen LogP contribution is -1.97. The van der Waals surface area contributed by atoms with E-state index in [0.717, 1.165) is 18.4 Å². The van der Waals surface area contributed by atoms with Gasteiger partial charge in [-0.2, -0.15) is 0 Å². The van der Waals surface area contributed by atoms with E-state index < -0.39 is 0 Å². The molecule has 2 nitrogen and oxygen atoms in total. The van der Waals surface area contributed by atoms with Gasteiger partial charge in [0.25, 0.3) is 0 Å². The van der Waals surface area contributed by atoms with Crippen molar-refractivity contribution in [3.8, 4) is 0 Å². The Morgan fingerprint density at radius 1 is 1.50 bits per heavy atom. The fraction of sp³-hybridized carbons (Fsp3) is 0.375. The monoisotopic (exact) mass is 204 g/mol. The van der Waals surface area contributed by atoms with Crippen molar-refractivity contribution >= 4 is 28.9 Å². The molecule has 2 N–H and O–H groups in total. The van der Waals surface area contributed by atoms with Crippen molar-refractivity contribution in [3.05, 3.63) is 21.9 Å². The third kappa shape index (κ3) is 2.02. The largest absolute Gasteiger partial charge is 0.396 e. The summed E-state index contributed by atoms with van der Waals surface area (Å²) in [7, 11) is 0. The van der Waals surface area contributed by atoms with E-state index in [9.17, 15) is 0 Å². The van der Waals surface area contributed by atoms with Gasteiger partial charge in [0.15, 0.2) is 5.15 Å². The molecule has 0 saturated heterocycles. The standard InChI is InChI=1S/C8H10Cl2N2/c1-2-3-5-4-6(9)12-8(10)7(5)11/h4H,2-3,11H2,1H3. The maximum absolute atomic E-state index is 5.73. The minimum absolute atomic E-state index is 0.297. The van der Waals surface area contributed by atoms with Gasteiger partial charge in [-0.1, -0.05) is 36.5 Å². The first-order chi connectivity index (χ1) is 5.65. The number of pyridine rings is 1. The number of nitrogen functional groups attached to an aromatic ring is 1. The Kier molecular flexibility index (Phi) is 3.18. The molecule has 66 valence electrons. The van der Waals surface area contributed by atoms with Crippen LogP contribution >= 0.6 is 23.2 Å². The van der Waals surface area contributed by atoms with E-state index in [0.29, 0.717) is 16.0 Å². The summed E-state index contributed by atoms with van der Waals surface area (Å²) in [6.45, 7) is 2.07. The van der Waals surface area contributed by atoms with Gasteiger partial charge < -0.3 is 5.73 Å². The van der Waals surface area contributed by atoms with E-state index in [2.05, 4.69) is 11.9 Å². The third-order valence-corrected chi connectivity index (χ3v) is 2.07. The number of nitrogens with two attached hydrogens (primary N) is 1. The van der Waals surface area contributed by atoms with Crippen LogP contribution in [-0.4, -0.2) is 4.98 Å². The Labute approximate surface area is 81.7 Å². The quantitative estimate of drug-likeness (QED) is 0.753. The van der Waals surface area contributed by atoms with Crippen molar-refractivity contribution in [2.45, 2.75) is 19.8 Å². The van der Waals surface area contributed by atoms with Crippen molar-refractivity contribution in [2.24, 2.45) is 0 Å². The Balaban J connectivity index is 3.09. The number of aryl methyl sites for hydroxylation is 1. The molecule has 0 aliphatic rings. The number of hydrogen-bond acceptors (Lipinski definition) is 2.